The highest BCUT2D eigenvalue weighted by Gasteiger charge is 2.45. The van der Waals surface area contributed by atoms with E-state index in [0.29, 0.717) is 21.7 Å². The smallest absolute Gasteiger partial charge is 0.297 e. The van der Waals surface area contributed by atoms with Crippen molar-refractivity contribution in [2.24, 2.45) is 0 Å². The molecule has 1 N–H and O–H groups in total. The van der Waals surface area contributed by atoms with Crippen LogP contribution in [0.15, 0.2) is 39.5 Å². The van der Waals surface area contributed by atoms with Crippen LogP contribution in [0, 0.1) is 27.7 Å². The molecular formula is C25H22N2O5S. The van der Waals surface area contributed by atoms with Crippen LogP contribution in [0.1, 0.15) is 49.4 Å². The van der Waals surface area contributed by atoms with Crippen molar-refractivity contribution < 1.29 is 19.1 Å². The Bertz CT molecular complexity index is 1500. The van der Waals surface area contributed by atoms with Crippen molar-refractivity contribution in [3.8, 4) is 11.5 Å². The van der Waals surface area contributed by atoms with Crippen LogP contribution >= 0.6 is 11.3 Å². The average molecular weight is 463 g/mol. The molecule has 1 aliphatic heterocycles. The number of anilines is 1. The molecule has 0 bridgehead atoms. The van der Waals surface area contributed by atoms with Gasteiger partial charge in [0.15, 0.2) is 22.1 Å². The van der Waals surface area contributed by atoms with Crippen LogP contribution in [-0.2, 0) is 0 Å². The van der Waals surface area contributed by atoms with Crippen molar-refractivity contribution in [1.29, 1.82) is 0 Å². The van der Waals surface area contributed by atoms with E-state index in [1.54, 1.807) is 24.3 Å². The number of phenolic OH excluding ortho intramolecular Hbond substituents is 1. The Morgan fingerprint density at radius 3 is 2.48 bits per heavy atom. The van der Waals surface area contributed by atoms with Gasteiger partial charge in [0.1, 0.15) is 5.58 Å². The van der Waals surface area contributed by atoms with E-state index in [-0.39, 0.29) is 28.3 Å². The first-order chi connectivity index (χ1) is 15.7. The quantitative estimate of drug-likeness (QED) is 0.463. The Kier molecular flexibility index (Phi) is 4.79. The molecule has 5 rings (SSSR count). The molecule has 0 saturated carbocycles. The minimum absolute atomic E-state index is 0.0123. The molecule has 7 nitrogen and oxygen atoms in total. The number of amides is 1. The van der Waals surface area contributed by atoms with E-state index < -0.39 is 11.9 Å². The first-order valence-electron chi connectivity index (χ1n) is 10.4. The van der Waals surface area contributed by atoms with Gasteiger partial charge in [0.2, 0.25) is 5.76 Å². The lowest BCUT2D eigenvalue weighted by molar-refractivity contribution is 0.0971. The van der Waals surface area contributed by atoms with E-state index in [2.05, 4.69) is 4.98 Å². The molecule has 3 heterocycles. The third-order valence-electron chi connectivity index (χ3n) is 6.23. The molecule has 1 atom stereocenters. The molecule has 1 unspecified atom stereocenters. The topological polar surface area (TPSA) is 92.9 Å². The predicted octanol–water partition coefficient (Wildman–Crippen LogP) is 4.95. The number of benzene rings is 2. The minimum atomic E-state index is -0.769. The van der Waals surface area contributed by atoms with Crippen LogP contribution in [0.2, 0.25) is 0 Å². The van der Waals surface area contributed by atoms with Crippen molar-refractivity contribution in [2.75, 3.05) is 12.0 Å². The number of nitrogens with zero attached hydrogens (tertiary/aromatic N) is 2. The molecule has 0 aliphatic carbocycles. The number of aromatic nitrogens is 1. The number of hydrogen-bond donors (Lipinski definition) is 1. The van der Waals surface area contributed by atoms with Crippen LogP contribution in [0.5, 0.6) is 11.5 Å². The number of aryl methyl sites for hydroxylation is 4. The van der Waals surface area contributed by atoms with E-state index in [1.807, 2.05) is 27.7 Å². The largest absolute Gasteiger partial charge is 0.504 e. The number of fused-ring (bicyclic) bond motifs is 2. The van der Waals surface area contributed by atoms with Crippen LogP contribution in [0.3, 0.4) is 0 Å². The number of phenols is 1. The number of aromatic hydroxyl groups is 1. The normalized spacial score (nSPS) is 15.4. The van der Waals surface area contributed by atoms with Crippen molar-refractivity contribution in [1.82, 2.24) is 4.98 Å². The molecule has 0 saturated heterocycles. The molecule has 4 aromatic rings. The lowest BCUT2D eigenvalue weighted by atomic mass is 9.97. The fourth-order valence-corrected chi connectivity index (χ4v) is 5.10. The standard InChI is InChI=1S/C25H22N2O5S/c1-11-8-16-18(9-12(11)2)32-23-20(22(16)29)21(15-6-7-17(28)19(10-15)31-5)27(24(23)30)25-26-13(3)14(4)33-25/h6-10,21,28H,1-5H3. The summed E-state index contributed by atoms with van der Waals surface area (Å²) in [5, 5.41) is 11.0. The SMILES string of the molecule is COc1cc(C2c3c(oc4cc(C)c(C)cc4c3=O)C(=O)N2c2nc(C)c(C)s2)ccc1O. The van der Waals surface area contributed by atoms with Crippen molar-refractivity contribution in [3.63, 3.8) is 0 Å². The average Bonchev–Trinajstić information content (AvgIpc) is 3.26. The zero-order valence-corrected chi connectivity index (χ0v) is 19.7. The summed E-state index contributed by atoms with van der Waals surface area (Å²) in [4.78, 5) is 34.5. The Morgan fingerprint density at radius 1 is 1.09 bits per heavy atom. The second-order valence-electron chi connectivity index (χ2n) is 8.25. The molecule has 1 amide bonds. The summed E-state index contributed by atoms with van der Waals surface area (Å²) in [7, 11) is 1.45. The maximum Gasteiger partial charge on any atom is 0.297 e. The zero-order valence-electron chi connectivity index (χ0n) is 18.8. The molecule has 1 aliphatic rings. The highest BCUT2D eigenvalue weighted by Crippen LogP contribution is 2.44. The van der Waals surface area contributed by atoms with Gasteiger partial charge in [-0.05, 0) is 68.7 Å². The van der Waals surface area contributed by atoms with Crippen molar-refractivity contribution >= 4 is 33.3 Å². The first kappa shape index (κ1) is 21.2. The van der Waals surface area contributed by atoms with E-state index in [9.17, 15) is 14.7 Å². The number of hydrogen-bond acceptors (Lipinski definition) is 7. The lowest BCUT2D eigenvalue weighted by Gasteiger charge is -2.23. The lowest BCUT2D eigenvalue weighted by Crippen LogP contribution is -2.29. The summed E-state index contributed by atoms with van der Waals surface area (Å²) in [6.45, 7) is 7.68. The minimum Gasteiger partial charge on any atom is -0.504 e. The van der Waals surface area contributed by atoms with Crippen molar-refractivity contribution in [2.45, 2.75) is 33.7 Å². The molecule has 0 spiro atoms. The molecule has 2 aromatic carbocycles. The maximum atomic E-state index is 13.7. The fraction of sp³-hybridized carbons (Fsp3) is 0.240. The van der Waals surface area contributed by atoms with Crippen LogP contribution < -0.4 is 15.1 Å². The van der Waals surface area contributed by atoms with Crippen LogP contribution in [0.4, 0.5) is 5.13 Å². The second-order valence-corrected chi connectivity index (χ2v) is 9.44. The summed E-state index contributed by atoms with van der Waals surface area (Å²) < 4.78 is 11.3. The van der Waals surface area contributed by atoms with Gasteiger partial charge in [0.25, 0.3) is 5.91 Å². The number of methoxy groups -OCH3 is 1. The summed E-state index contributed by atoms with van der Waals surface area (Å²) in [5.41, 5.74) is 3.74. The first-order valence-corrected chi connectivity index (χ1v) is 11.2. The van der Waals surface area contributed by atoms with Gasteiger partial charge in [-0.25, -0.2) is 4.98 Å². The van der Waals surface area contributed by atoms with Gasteiger partial charge >= 0.3 is 0 Å². The van der Waals surface area contributed by atoms with Gasteiger partial charge in [-0.1, -0.05) is 6.07 Å². The summed E-state index contributed by atoms with van der Waals surface area (Å²) in [5.74, 6) is -0.197. The van der Waals surface area contributed by atoms with Gasteiger partial charge in [-0.2, -0.15) is 0 Å². The van der Waals surface area contributed by atoms with Crippen LogP contribution in [-0.4, -0.2) is 23.1 Å². The van der Waals surface area contributed by atoms with Gasteiger partial charge < -0.3 is 14.3 Å². The van der Waals surface area contributed by atoms with Crippen LogP contribution in [0.25, 0.3) is 11.0 Å². The summed E-state index contributed by atoms with van der Waals surface area (Å²) in [6, 6.07) is 7.62. The molecule has 0 radical (unpaired) electrons. The zero-order chi connectivity index (χ0) is 23.6. The Morgan fingerprint density at radius 2 is 1.82 bits per heavy atom. The summed E-state index contributed by atoms with van der Waals surface area (Å²) >= 11 is 1.38. The van der Waals surface area contributed by atoms with Crippen molar-refractivity contribution in [3.05, 3.63) is 79.1 Å². The molecular weight excluding hydrogens is 440 g/mol. The van der Waals surface area contributed by atoms with E-state index in [1.165, 1.54) is 29.4 Å². The highest BCUT2D eigenvalue weighted by molar-refractivity contribution is 7.15. The molecule has 0 fully saturated rings. The van der Waals surface area contributed by atoms with E-state index in [0.717, 1.165) is 21.7 Å². The number of rotatable bonds is 3. The highest BCUT2D eigenvalue weighted by atomic mass is 32.1. The predicted molar refractivity (Wildman–Crippen MR) is 127 cm³/mol. The Hall–Kier alpha value is -3.65. The monoisotopic (exact) mass is 462 g/mol. The molecule has 33 heavy (non-hydrogen) atoms. The van der Waals surface area contributed by atoms with E-state index >= 15 is 0 Å². The Labute approximate surface area is 193 Å². The van der Waals surface area contributed by atoms with E-state index in [4.69, 9.17) is 9.15 Å². The van der Waals surface area contributed by atoms with Gasteiger partial charge in [-0.3, -0.25) is 14.5 Å². The second kappa shape index (κ2) is 7.45. The number of thiazole rings is 1. The van der Waals surface area contributed by atoms with Gasteiger partial charge in [0.05, 0.1) is 29.8 Å². The Balaban J connectivity index is 1.84. The number of ether oxygens (including phenoxy) is 1. The van der Waals surface area contributed by atoms with Gasteiger partial charge in [0, 0.05) is 4.88 Å². The molecule has 2 aromatic heterocycles. The maximum absolute atomic E-state index is 13.7. The number of carbonyl (C=O) groups excluding carboxylic acids is 1. The molecule has 8 heteroatoms. The third kappa shape index (κ3) is 3.13. The van der Waals surface area contributed by atoms with Gasteiger partial charge in [-0.15, -0.1) is 11.3 Å². The number of carbonyl (C=O) groups is 1. The molecule has 168 valence electrons. The third-order valence-corrected chi connectivity index (χ3v) is 7.30. The fourth-order valence-electron chi connectivity index (χ4n) is 4.16. The summed E-state index contributed by atoms with van der Waals surface area (Å²) in [6.07, 6.45) is 0.